The van der Waals surface area contributed by atoms with Crippen LogP contribution in [0.4, 0.5) is 4.79 Å². The zero-order chi connectivity index (χ0) is 38.0. The van der Waals surface area contributed by atoms with Crippen LogP contribution in [0.3, 0.4) is 0 Å². The molecular formula is C41H48N8O4S. The van der Waals surface area contributed by atoms with E-state index in [2.05, 4.69) is 91.4 Å². The van der Waals surface area contributed by atoms with Gasteiger partial charge in [0.15, 0.2) is 0 Å². The second-order valence-corrected chi connectivity index (χ2v) is 14.3. The topological polar surface area (TPSA) is 144 Å². The molecule has 2 aromatic heterocycles. The number of fused-ring (bicyclic) bond motifs is 1. The van der Waals surface area contributed by atoms with Crippen LogP contribution in [0.1, 0.15) is 49.7 Å². The molecule has 0 bridgehead atoms. The number of imidazole rings is 1. The van der Waals surface area contributed by atoms with Gasteiger partial charge in [-0.3, -0.25) is 9.59 Å². The number of H-pyrrole nitrogens is 1. The molecule has 0 saturated heterocycles. The minimum atomic E-state index is -0.641. The largest absolute Gasteiger partial charge is 0.453 e. The number of benzene rings is 3. The Bertz CT molecular complexity index is 2080. The highest BCUT2D eigenvalue weighted by Crippen LogP contribution is 2.36. The second-order valence-electron chi connectivity index (χ2n) is 13.2. The summed E-state index contributed by atoms with van der Waals surface area (Å²) >= 11 is 1.75. The van der Waals surface area contributed by atoms with Gasteiger partial charge in [-0.05, 0) is 54.1 Å². The first-order valence-electron chi connectivity index (χ1n) is 18.3. The van der Waals surface area contributed by atoms with Gasteiger partial charge >= 0.3 is 6.09 Å². The van der Waals surface area contributed by atoms with E-state index in [4.69, 9.17) is 0 Å². The predicted octanol–water partition coefficient (Wildman–Crippen LogP) is 6.07. The van der Waals surface area contributed by atoms with E-state index in [0.717, 1.165) is 46.5 Å². The van der Waals surface area contributed by atoms with Crippen LogP contribution in [0.25, 0.3) is 37.5 Å². The second kappa shape index (κ2) is 17.9. The number of methoxy groups -OCH3 is 1. The zero-order valence-corrected chi connectivity index (χ0v) is 32.0. The molecule has 3 heterocycles. The van der Waals surface area contributed by atoms with Crippen LogP contribution >= 0.6 is 11.3 Å². The molecule has 0 saturated carbocycles. The number of alkyl carbamates (subject to hydrolysis) is 1. The average Bonchev–Trinajstić information content (AvgIpc) is 3.97. The van der Waals surface area contributed by atoms with Crippen LogP contribution in [0.2, 0.25) is 0 Å². The zero-order valence-electron chi connectivity index (χ0n) is 31.1. The number of amides is 3. The normalized spacial score (nSPS) is 14.1. The van der Waals surface area contributed by atoms with Gasteiger partial charge < -0.3 is 40.8 Å². The van der Waals surface area contributed by atoms with Gasteiger partial charge in [0.25, 0.3) is 0 Å². The fraction of sp³-hybridized carbons (Fsp3) is 0.317. The van der Waals surface area contributed by atoms with E-state index in [1.165, 1.54) is 22.1 Å². The summed E-state index contributed by atoms with van der Waals surface area (Å²) in [5, 5.41) is 13.9. The molecule has 0 spiro atoms. The summed E-state index contributed by atoms with van der Waals surface area (Å²) < 4.78 is 5.76. The van der Waals surface area contributed by atoms with Crippen LogP contribution < -0.4 is 21.3 Å². The number of hydrogen-bond acceptors (Lipinski definition) is 9. The van der Waals surface area contributed by atoms with Crippen molar-refractivity contribution in [3.05, 3.63) is 108 Å². The number of hydrogen-bond donors (Lipinski definition) is 5. The van der Waals surface area contributed by atoms with Gasteiger partial charge in [0.1, 0.15) is 24.6 Å². The SMILES string of the molecule is CCCN(Cc1ncc(-c2ccc(-c3cc4ccc(C5=CNC(CN(CCC)C(=O)C(NC)c6ccccc6)N5)cc4s3)cc2)[nH]1)C(=O)CNC(=O)OC. The molecule has 13 heteroatoms. The van der Waals surface area contributed by atoms with Crippen molar-refractivity contribution in [1.29, 1.82) is 0 Å². The van der Waals surface area contributed by atoms with Crippen molar-refractivity contribution < 1.29 is 19.1 Å². The summed E-state index contributed by atoms with van der Waals surface area (Å²) in [6.45, 7) is 6.01. The molecule has 0 aliphatic carbocycles. The van der Waals surface area contributed by atoms with Gasteiger partial charge in [0.05, 0.1) is 37.8 Å². The van der Waals surface area contributed by atoms with Crippen molar-refractivity contribution in [1.82, 2.24) is 41.0 Å². The molecular weight excluding hydrogens is 701 g/mol. The highest BCUT2D eigenvalue weighted by atomic mass is 32.1. The van der Waals surface area contributed by atoms with E-state index >= 15 is 0 Å². The van der Waals surface area contributed by atoms with Gasteiger partial charge in [-0.2, -0.15) is 0 Å². The number of likely N-dealkylation sites (N-methyl/N-ethyl adjacent to an activating group) is 1. The average molecular weight is 749 g/mol. The van der Waals surface area contributed by atoms with Crippen molar-refractivity contribution in [2.45, 2.75) is 45.4 Å². The number of ether oxygens (including phenoxy) is 1. The molecule has 2 unspecified atom stereocenters. The van der Waals surface area contributed by atoms with Crippen LogP contribution in [0.15, 0.2) is 91.3 Å². The molecule has 54 heavy (non-hydrogen) atoms. The molecule has 6 rings (SSSR count). The van der Waals surface area contributed by atoms with Gasteiger partial charge in [-0.15, -0.1) is 11.3 Å². The van der Waals surface area contributed by atoms with Crippen molar-refractivity contribution in [2.75, 3.05) is 40.3 Å². The Labute approximate surface area is 320 Å². The quantitative estimate of drug-likeness (QED) is 0.0819. The maximum atomic E-state index is 13.6. The number of thiophene rings is 1. The van der Waals surface area contributed by atoms with Crippen molar-refractivity contribution in [3.8, 4) is 21.7 Å². The van der Waals surface area contributed by atoms with Crippen molar-refractivity contribution >= 4 is 45.0 Å². The lowest BCUT2D eigenvalue weighted by molar-refractivity contribution is -0.134. The van der Waals surface area contributed by atoms with Gasteiger partial charge in [-0.25, -0.2) is 9.78 Å². The van der Waals surface area contributed by atoms with E-state index in [1.54, 1.807) is 22.4 Å². The Kier molecular flexibility index (Phi) is 12.6. The summed E-state index contributed by atoms with van der Waals surface area (Å²) in [4.78, 5) is 50.4. The van der Waals surface area contributed by atoms with Gasteiger partial charge in [-0.1, -0.05) is 80.6 Å². The molecule has 2 atom stereocenters. The van der Waals surface area contributed by atoms with Crippen LogP contribution in [0, 0.1) is 0 Å². The number of carbonyl (C=O) groups excluding carboxylic acids is 3. The first-order chi connectivity index (χ1) is 26.3. The summed E-state index contributed by atoms with van der Waals surface area (Å²) in [5.74, 6) is 0.522. The minimum absolute atomic E-state index is 0.0624. The molecule has 5 aromatic rings. The molecule has 3 amide bonds. The number of aromatic nitrogens is 2. The molecule has 3 aromatic carbocycles. The Hall–Kier alpha value is -5.66. The molecule has 1 aliphatic heterocycles. The summed E-state index contributed by atoms with van der Waals surface area (Å²) in [6.07, 6.45) is 4.69. The number of nitrogens with zero attached hydrogens (tertiary/aromatic N) is 3. The molecule has 12 nitrogen and oxygen atoms in total. The molecule has 0 fully saturated rings. The highest BCUT2D eigenvalue weighted by molar-refractivity contribution is 7.22. The third-order valence-electron chi connectivity index (χ3n) is 9.33. The van der Waals surface area contributed by atoms with Crippen LogP contribution in [-0.4, -0.2) is 84.2 Å². The third-order valence-corrected chi connectivity index (χ3v) is 10.5. The highest BCUT2D eigenvalue weighted by Gasteiger charge is 2.28. The molecule has 282 valence electrons. The van der Waals surface area contributed by atoms with E-state index in [9.17, 15) is 14.4 Å². The lowest BCUT2D eigenvalue weighted by Gasteiger charge is -2.30. The first kappa shape index (κ1) is 38.1. The fourth-order valence-corrected chi connectivity index (χ4v) is 7.69. The molecule has 0 radical (unpaired) electrons. The standard InChI is InChI=1S/C41H48N8O4S/c1-5-18-48(38(50)24-45-41(52)53-4)25-36-43-22-32(46-36)27-12-14-28(15-13-27)34-21-31-17-16-30(20-35(31)54-34)33-23-44-37(47-33)26-49(19-6-2)40(51)39(42-3)29-10-8-7-9-11-29/h7-17,20-23,37,39,42,44,47H,5-6,18-19,24-26H2,1-4H3,(H,43,46)(H,45,52). The Morgan fingerprint density at radius 3 is 2.37 bits per heavy atom. The number of carbonyl (C=O) groups is 3. The number of aromatic amines is 1. The lowest BCUT2D eigenvalue weighted by Crippen LogP contribution is -2.49. The molecule has 5 N–H and O–H groups in total. The van der Waals surface area contributed by atoms with Crippen LogP contribution in [0.5, 0.6) is 0 Å². The summed E-state index contributed by atoms with van der Waals surface area (Å²) in [6, 6.07) is 26.5. The monoisotopic (exact) mass is 748 g/mol. The first-order valence-corrected chi connectivity index (χ1v) is 19.1. The van der Waals surface area contributed by atoms with Crippen molar-refractivity contribution in [2.24, 2.45) is 0 Å². The smallest absolute Gasteiger partial charge is 0.407 e. The summed E-state index contributed by atoms with van der Waals surface area (Å²) in [5.41, 5.74) is 6.01. The maximum Gasteiger partial charge on any atom is 0.407 e. The third kappa shape index (κ3) is 9.10. The predicted molar refractivity (Wildman–Crippen MR) is 214 cm³/mol. The number of rotatable bonds is 16. The van der Waals surface area contributed by atoms with E-state index in [0.29, 0.717) is 32.0 Å². The van der Waals surface area contributed by atoms with Gasteiger partial charge in [0.2, 0.25) is 11.8 Å². The lowest BCUT2D eigenvalue weighted by atomic mass is 10.1. The van der Waals surface area contributed by atoms with Gasteiger partial charge in [0, 0.05) is 34.4 Å². The maximum absolute atomic E-state index is 13.6. The molecule has 1 aliphatic rings. The summed E-state index contributed by atoms with van der Waals surface area (Å²) in [7, 11) is 3.09. The van der Waals surface area contributed by atoms with E-state index < -0.39 is 12.1 Å². The van der Waals surface area contributed by atoms with Crippen molar-refractivity contribution in [3.63, 3.8) is 0 Å². The number of nitrogens with one attached hydrogen (secondary N) is 5. The van der Waals surface area contributed by atoms with E-state index in [-0.39, 0.29) is 24.5 Å². The van der Waals surface area contributed by atoms with Crippen LogP contribution in [-0.2, 0) is 20.9 Å². The Morgan fingerprint density at radius 2 is 1.65 bits per heavy atom. The fourth-order valence-electron chi connectivity index (χ4n) is 6.58. The minimum Gasteiger partial charge on any atom is -0.453 e. The Balaban J connectivity index is 1.08. The van der Waals surface area contributed by atoms with E-state index in [1.807, 2.05) is 55.4 Å². The Morgan fingerprint density at radius 1 is 0.926 bits per heavy atom.